The zero-order valence-corrected chi connectivity index (χ0v) is 11.1. The Morgan fingerprint density at radius 1 is 1.15 bits per heavy atom. The van der Waals surface area contributed by atoms with E-state index in [-0.39, 0.29) is 12.4 Å². The highest BCUT2D eigenvalue weighted by atomic mass is 16.5. The molecule has 0 bridgehead atoms. The van der Waals surface area contributed by atoms with Crippen LogP contribution >= 0.6 is 0 Å². The van der Waals surface area contributed by atoms with Crippen LogP contribution in [0.1, 0.15) is 27.8 Å². The van der Waals surface area contributed by atoms with Gasteiger partial charge in [0.05, 0.1) is 12.3 Å². The third-order valence-corrected chi connectivity index (χ3v) is 2.64. The Morgan fingerprint density at radius 3 is 2.65 bits per heavy atom. The fourth-order valence-corrected chi connectivity index (χ4v) is 1.71. The minimum Gasteiger partial charge on any atom is -0.493 e. The fraction of sp³-hybridized carbons (Fsp3) is 0.200. The molecule has 1 aromatic carbocycles. The number of Topliss-reactive ketones (excluding diaryl/α,β-unsaturated/α-hetero) is 1. The van der Waals surface area contributed by atoms with E-state index in [0.717, 1.165) is 0 Å². The topological polar surface area (TPSA) is 68.4 Å². The molecule has 0 saturated carbocycles. The summed E-state index contributed by atoms with van der Waals surface area (Å²) in [5, 5.41) is 0. The van der Waals surface area contributed by atoms with Gasteiger partial charge in [-0.2, -0.15) is 0 Å². The van der Waals surface area contributed by atoms with E-state index in [9.17, 15) is 9.59 Å². The zero-order chi connectivity index (χ0) is 14.4. The lowest BCUT2D eigenvalue weighted by molar-refractivity contribution is 0.0470. The van der Waals surface area contributed by atoms with Crippen LogP contribution < -0.4 is 4.74 Å². The number of hydrogen-bond donors (Lipinski definition) is 1. The van der Waals surface area contributed by atoms with Crippen LogP contribution in [-0.2, 0) is 4.74 Å². The van der Waals surface area contributed by atoms with Gasteiger partial charge in [0.25, 0.3) is 0 Å². The number of hydrogen-bond acceptors (Lipinski definition) is 4. The number of rotatable bonds is 6. The van der Waals surface area contributed by atoms with E-state index in [1.807, 2.05) is 6.92 Å². The minimum atomic E-state index is -0.575. The summed E-state index contributed by atoms with van der Waals surface area (Å²) < 4.78 is 10.4. The lowest BCUT2D eigenvalue weighted by atomic mass is 10.2. The summed E-state index contributed by atoms with van der Waals surface area (Å²) in [5.41, 5.74) is 0.726. The van der Waals surface area contributed by atoms with Crippen LogP contribution in [0.15, 0.2) is 42.6 Å². The van der Waals surface area contributed by atoms with Gasteiger partial charge in [0.2, 0.25) is 5.78 Å². The Hall–Kier alpha value is -2.56. The Labute approximate surface area is 116 Å². The van der Waals surface area contributed by atoms with E-state index < -0.39 is 5.97 Å². The summed E-state index contributed by atoms with van der Waals surface area (Å²) in [5.74, 6) is -0.404. The van der Waals surface area contributed by atoms with Crippen LogP contribution in [0.3, 0.4) is 0 Å². The summed E-state index contributed by atoms with van der Waals surface area (Å²) in [4.78, 5) is 26.4. The highest BCUT2D eigenvalue weighted by Gasteiger charge is 2.15. The average Bonchev–Trinajstić information content (AvgIpc) is 2.99. The van der Waals surface area contributed by atoms with E-state index in [4.69, 9.17) is 9.47 Å². The number of para-hydroxylation sites is 1. The Morgan fingerprint density at radius 2 is 1.95 bits per heavy atom. The molecule has 0 radical (unpaired) electrons. The maximum atomic E-state index is 11.9. The predicted molar refractivity (Wildman–Crippen MR) is 73.0 cm³/mol. The van der Waals surface area contributed by atoms with E-state index in [1.165, 1.54) is 0 Å². The molecule has 20 heavy (non-hydrogen) atoms. The van der Waals surface area contributed by atoms with Crippen molar-refractivity contribution in [3.05, 3.63) is 53.9 Å². The Bertz CT molecular complexity index is 590. The molecule has 1 heterocycles. The van der Waals surface area contributed by atoms with Gasteiger partial charge in [-0.1, -0.05) is 12.1 Å². The van der Waals surface area contributed by atoms with Gasteiger partial charge in [0.1, 0.15) is 11.3 Å². The van der Waals surface area contributed by atoms with Gasteiger partial charge in [-0.05, 0) is 31.2 Å². The largest absolute Gasteiger partial charge is 0.493 e. The van der Waals surface area contributed by atoms with Gasteiger partial charge in [-0.25, -0.2) is 4.79 Å². The number of benzene rings is 1. The molecule has 104 valence electrons. The van der Waals surface area contributed by atoms with Crippen LogP contribution in [0.2, 0.25) is 0 Å². The summed E-state index contributed by atoms with van der Waals surface area (Å²) in [6.45, 7) is 1.97. The molecule has 2 rings (SSSR count). The molecule has 0 aliphatic rings. The van der Waals surface area contributed by atoms with Crippen LogP contribution in [-0.4, -0.2) is 30.0 Å². The van der Waals surface area contributed by atoms with Crippen molar-refractivity contribution in [1.29, 1.82) is 0 Å². The van der Waals surface area contributed by atoms with Crippen molar-refractivity contribution in [2.75, 3.05) is 13.2 Å². The molecule has 0 aliphatic heterocycles. The number of H-pyrrole nitrogens is 1. The van der Waals surface area contributed by atoms with E-state index in [2.05, 4.69) is 4.98 Å². The molecule has 5 nitrogen and oxygen atoms in total. The third-order valence-electron chi connectivity index (χ3n) is 2.64. The van der Waals surface area contributed by atoms with Crippen LogP contribution in [0, 0.1) is 0 Å². The van der Waals surface area contributed by atoms with Gasteiger partial charge < -0.3 is 14.5 Å². The van der Waals surface area contributed by atoms with Crippen LogP contribution in [0.25, 0.3) is 0 Å². The summed E-state index contributed by atoms with van der Waals surface area (Å²) in [6.07, 6.45) is 1.64. The SMILES string of the molecule is CCOc1ccccc1C(=O)OCC(=O)c1ccc[nH]1. The first-order chi connectivity index (χ1) is 9.72. The average molecular weight is 273 g/mol. The number of aromatic nitrogens is 1. The maximum Gasteiger partial charge on any atom is 0.342 e. The van der Waals surface area contributed by atoms with E-state index >= 15 is 0 Å². The van der Waals surface area contributed by atoms with Gasteiger partial charge in [-0.3, -0.25) is 4.79 Å². The molecule has 0 unspecified atom stereocenters. The number of ketones is 1. The molecule has 0 fully saturated rings. The fourth-order valence-electron chi connectivity index (χ4n) is 1.71. The zero-order valence-electron chi connectivity index (χ0n) is 11.1. The molecule has 2 aromatic rings. The first kappa shape index (κ1) is 13.9. The monoisotopic (exact) mass is 273 g/mol. The van der Waals surface area contributed by atoms with E-state index in [0.29, 0.717) is 23.6 Å². The molecule has 0 aliphatic carbocycles. The number of aromatic amines is 1. The molecule has 0 amide bonds. The van der Waals surface area contributed by atoms with Gasteiger partial charge in [0, 0.05) is 6.20 Å². The van der Waals surface area contributed by atoms with Crippen molar-refractivity contribution in [3.63, 3.8) is 0 Å². The van der Waals surface area contributed by atoms with Gasteiger partial charge in [0.15, 0.2) is 6.61 Å². The lowest BCUT2D eigenvalue weighted by Gasteiger charge is -2.09. The van der Waals surface area contributed by atoms with Gasteiger partial charge >= 0.3 is 5.97 Å². The Balaban J connectivity index is 2.00. The first-order valence-corrected chi connectivity index (χ1v) is 6.28. The normalized spacial score (nSPS) is 10.1. The smallest absolute Gasteiger partial charge is 0.342 e. The second-order valence-electron chi connectivity index (χ2n) is 4.01. The van der Waals surface area contributed by atoms with Crippen LogP contribution in [0.4, 0.5) is 0 Å². The number of esters is 1. The number of ether oxygens (including phenoxy) is 2. The predicted octanol–water partition coefficient (Wildman–Crippen LogP) is 2.45. The lowest BCUT2D eigenvalue weighted by Crippen LogP contribution is -2.15. The summed E-state index contributed by atoms with van der Waals surface area (Å²) in [7, 11) is 0. The standard InChI is InChI=1S/C15H15NO4/c1-2-19-14-8-4-3-6-11(14)15(18)20-10-13(17)12-7-5-9-16-12/h3-9,16H,2,10H2,1H3. The highest BCUT2D eigenvalue weighted by molar-refractivity contribution is 5.98. The molecule has 0 saturated heterocycles. The van der Waals surface area contributed by atoms with E-state index in [1.54, 1.807) is 42.6 Å². The minimum absolute atomic E-state index is 0.280. The maximum absolute atomic E-state index is 11.9. The first-order valence-electron chi connectivity index (χ1n) is 6.28. The summed E-state index contributed by atoms with van der Waals surface area (Å²) in [6, 6.07) is 10.1. The second-order valence-corrected chi connectivity index (χ2v) is 4.01. The van der Waals surface area contributed by atoms with Crippen molar-refractivity contribution < 1.29 is 19.1 Å². The number of nitrogens with one attached hydrogen (secondary N) is 1. The van der Waals surface area contributed by atoms with Crippen molar-refractivity contribution in [2.24, 2.45) is 0 Å². The number of carbonyl (C=O) groups excluding carboxylic acids is 2. The quantitative estimate of drug-likeness (QED) is 0.648. The second kappa shape index (κ2) is 6.56. The van der Waals surface area contributed by atoms with Gasteiger partial charge in [-0.15, -0.1) is 0 Å². The summed E-state index contributed by atoms with van der Waals surface area (Å²) >= 11 is 0. The van der Waals surface area contributed by atoms with Crippen molar-refractivity contribution in [2.45, 2.75) is 6.92 Å². The highest BCUT2D eigenvalue weighted by Crippen LogP contribution is 2.18. The molecule has 5 heteroatoms. The molecule has 1 N–H and O–H groups in total. The van der Waals surface area contributed by atoms with Crippen molar-refractivity contribution in [1.82, 2.24) is 4.98 Å². The molecule has 0 atom stereocenters. The molecular formula is C15H15NO4. The third kappa shape index (κ3) is 3.26. The molecule has 0 spiro atoms. The Kier molecular flexibility index (Phi) is 4.55. The van der Waals surface area contributed by atoms with Crippen molar-refractivity contribution >= 4 is 11.8 Å². The van der Waals surface area contributed by atoms with Crippen molar-refractivity contribution in [3.8, 4) is 5.75 Å². The molecule has 1 aromatic heterocycles. The number of carbonyl (C=O) groups is 2. The molecular weight excluding hydrogens is 258 g/mol. The van der Waals surface area contributed by atoms with Crippen LogP contribution in [0.5, 0.6) is 5.75 Å².